The standard InChI is InChI=1S/C43H54N7O15P3/c1-23-12-14-29-33(30-16-17-31(44)26(4)38(30)63-37(29)25(23)3)28-15-13-27(20-24(28)2)40(53)46-18-10-8-6-5-7-9-11-19-66(55,56)64-68(59,60)65-67(57,58)61-21-32-35(51)36(52)42(62-32)50-22-47-34-39(50)48-43(45)49-41(34)54/h12-17,20,22,32,35-36,42,51-52H,1,5-11,18-19,21,44H2,2-4H3,(H,46,53)(H,55,56)(H,57,58)(H,59,60)(H3,45,48,49,54)/t32-,35?,36-,42-/m1/s1. The van der Waals surface area contributed by atoms with Crippen molar-refractivity contribution in [2.24, 2.45) is 0 Å². The van der Waals surface area contributed by atoms with Crippen LogP contribution in [0.25, 0.3) is 23.3 Å². The lowest BCUT2D eigenvalue weighted by Gasteiger charge is -2.25. The Hall–Kier alpha value is -5.05. The summed E-state index contributed by atoms with van der Waals surface area (Å²) in [4.78, 5) is 65.7. The van der Waals surface area contributed by atoms with Gasteiger partial charge in [-0.05, 0) is 85.9 Å². The first-order valence-electron chi connectivity index (χ1n) is 21.6. The molecule has 1 fully saturated rings. The van der Waals surface area contributed by atoms with E-state index in [9.17, 15) is 48.2 Å². The van der Waals surface area contributed by atoms with Crippen molar-refractivity contribution in [1.82, 2.24) is 24.8 Å². The number of ether oxygens (including phenoxy) is 2. The molecule has 4 heterocycles. The number of nitrogen functional groups attached to an aromatic ring is 2. The number of nitrogens with zero attached hydrogens (tertiary/aromatic N) is 3. The second kappa shape index (κ2) is 20.5. The number of imidazole rings is 1. The predicted octanol–water partition coefficient (Wildman–Crippen LogP) is 4.19. The highest BCUT2D eigenvalue weighted by molar-refractivity contribution is 7.68. The number of aromatic nitrogens is 4. The number of carbonyl (C=O) groups excluding carboxylic acids is 1. The van der Waals surface area contributed by atoms with Crippen LogP contribution in [0.5, 0.6) is 11.5 Å². The molecule has 0 saturated carbocycles. The number of anilines is 2. The molecule has 0 spiro atoms. The topological polar surface area (TPSA) is 343 Å². The Bertz CT molecular complexity index is 3070. The first kappa shape index (κ1) is 50.8. The van der Waals surface area contributed by atoms with E-state index in [-0.39, 0.29) is 29.4 Å². The average Bonchev–Trinajstić information content (AvgIpc) is 3.81. The van der Waals surface area contributed by atoms with Gasteiger partial charge in [0.1, 0.15) is 29.8 Å². The number of hydrogen-bond donors (Lipinski definition) is 9. The van der Waals surface area contributed by atoms with Crippen LogP contribution < -0.4 is 37.5 Å². The van der Waals surface area contributed by atoms with Crippen LogP contribution >= 0.6 is 23.2 Å². The van der Waals surface area contributed by atoms with Crippen LogP contribution in [-0.4, -0.2) is 87.9 Å². The monoisotopic (exact) mass is 1000 g/mol. The minimum atomic E-state index is -5.66. The summed E-state index contributed by atoms with van der Waals surface area (Å²) in [5.74, 6) is 0.965. The molecule has 2 aromatic heterocycles. The number of carbonyl (C=O) groups is 1. The average molecular weight is 1000 g/mol. The van der Waals surface area contributed by atoms with Gasteiger partial charge >= 0.3 is 23.2 Å². The lowest BCUT2D eigenvalue weighted by Crippen LogP contribution is -2.33. The molecule has 5 aromatic rings. The molecule has 1 amide bonds. The lowest BCUT2D eigenvalue weighted by molar-refractivity contribution is -0.0503. The number of aliphatic hydroxyl groups is 2. The summed E-state index contributed by atoms with van der Waals surface area (Å²) >= 11 is 0. The fourth-order valence-electron chi connectivity index (χ4n) is 8.11. The highest BCUT2D eigenvalue weighted by Crippen LogP contribution is 2.67. The summed E-state index contributed by atoms with van der Waals surface area (Å²) in [6.45, 7) is 9.51. The first-order chi connectivity index (χ1) is 32.1. The van der Waals surface area contributed by atoms with E-state index in [2.05, 4.69) is 40.0 Å². The van der Waals surface area contributed by atoms with E-state index in [0.717, 1.165) is 86.2 Å². The number of amides is 1. The minimum absolute atomic E-state index is 0.104. The van der Waals surface area contributed by atoms with Gasteiger partial charge in [0.2, 0.25) is 5.95 Å². The van der Waals surface area contributed by atoms with Crippen LogP contribution in [0.15, 0.2) is 53.6 Å². The minimum Gasteiger partial charge on any atom is -0.455 e. The van der Waals surface area contributed by atoms with Gasteiger partial charge in [-0.1, -0.05) is 50.8 Å². The SMILES string of the molecule is C=c1ccc2c(c1C)Oc1c(ccc(N)c1C)C=2c1ccc(C(=O)NCCCCCCCCCP(=O)(O)OP(=O)(O)OP(=O)(O)OC[C@H]2O[C@@H](n3cnc4c(=O)[nH]c(N)nc43)[C@H](O)C2O)cc1C. The van der Waals surface area contributed by atoms with Crippen molar-refractivity contribution < 1.29 is 66.0 Å². The second-order valence-electron chi connectivity index (χ2n) is 16.7. The molecule has 0 radical (unpaired) electrons. The quantitative estimate of drug-likeness (QED) is 0.0294. The molecule has 2 aliphatic heterocycles. The number of aliphatic hydroxyl groups excluding tert-OH is 2. The van der Waals surface area contributed by atoms with Crippen LogP contribution in [0.1, 0.15) is 89.3 Å². The number of nitrogens with one attached hydrogen (secondary N) is 2. The molecule has 366 valence electrons. The summed E-state index contributed by atoms with van der Waals surface area (Å²) in [5, 5.41) is 25.9. The summed E-state index contributed by atoms with van der Waals surface area (Å²) in [6, 6.07) is 13.5. The molecule has 1 saturated heterocycles. The van der Waals surface area contributed by atoms with Crippen LogP contribution in [-0.2, 0) is 31.6 Å². The van der Waals surface area contributed by atoms with Crippen LogP contribution in [0, 0.1) is 20.8 Å². The Balaban J connectivity index is 0.801. The maximum Gasteiger partial charge on any atom is 0.488 e. The number of fused-ring (bicyclic) bond motifs is 3. The first-order valence-corrected chi connectivity index (χ1v) is 26.4. The van der Waals surface area contributed by atoms with Gasteiger partial charge in [-0.25, -0.2) is 18.4 Å². The number of aryl methyl sites for hydroxylation is 1. The normalized spacial score (nSPS) is 20.5. The molecule has 0 bridgehead atoms. The highest BCUT2D eigenvalue weighted by Gasteiger charge is 2.47. The molecule has 4 unspecified atom stereocenters. The third-order valence-corrected chi connectivity index (χ3v) is 16.6. The number of phosphoric ester groups is 1. The summed E-state index contributed by atoms with van der Waals surface area (Å²) < 4.78 is 63.9. The van der Waals surface area contributed by atoms with Gasteiger partial charge in [-0.2, -0.15) is 9.29 Å². The number of unbranched alkanes of at least 4 members (excludes halogenated alkanes) is 6. The number of aromatic amines is 1. The van der Waals surface area contributed by atoms with Gasteiger partial charge in [-0.15, -0.1) is 0 Å². The molecule has 22 nitrogen and oxygen atoms in total. The summed E-state index contributed by atoms with van der Waals surface area (Å²) in [6.07, 6.45) is -1.47. The Morgan fingerprint density at radius 2 is 1.57 bits per heavy atom. The molecule has 3 aromatic carbocycles. The van der Waals surface area contributed by atoms with Crippen molar-refractivity contribution in [2.75, 3.05) is 30.8 Å². The van der Waals surface area contributed by atoms with E-state index in [1.807, 2.05) is 63.2 Å². The third kappa shape index (κ3) is 11.3. The fourth-order valence-corrected chi connectivity index (χ4v) is 12.3. The largest absolute Gasteiger partial charge is 0.488 e. The zero-order chi connectivity index (χ0) is 49.3. The van der Waals surface area contributed by atoms with Crippen LogP contribution in [0.2, 0.25) is 0 Å². The smallest absolute Gasteiger partial charge is 0.455 e. The van der Waals surface area contributed by atoms with Crippen molar-refractivity contribution >= 4 is 64.1 Å². The van der Waals surface area contributed by atoms with Crippen molar-refractivity contribution in [3.05, 3.63) is 103 Å². The maximum absolute atomic E-state index is 13.2. The Morgan fingerprint density at radius 1 is 0.882 bits per heavy atom. The summed E-state index contributed by atoms with van der Waals surface area (Å²) in [7, 11) is -16.0. The molecule has 0 aliphatic carbocycles. The highest BCUT2D eigenvalue weighted by atomic mass is 31.3. The van der Waals surface area contributed by atoms with Crippen LogP contribution in [0.4, 0.5) is 11.6 Å². The van der Waals surface area contributed by atoms with Gasteiger partial charge in [-0.3, -0.25) is 28.2 Å². The number of benzene rings is 3. The third-order valence-electron chi connectivity index (χ3n) is 11.8. The molecule has 7 rings (SSSR count). The second-order valence-corrected chi connectivity index (χ2v) is 21.9. The van der Waals surface area contributed by atoms with E-state index in [1.54, 1.807) is 0 Å². The Morgan fingerprint density at radius 3 is 2.29 bits per heavy atom. The zero-order valence-electron chi connectivity index (χ0n) is 37.4. The molecule has 2 aliphatic rings. The number of rotatable bonds is 20. The van der Waals surface area contributed by atoms with Gasteiger partial charge in [0.25, 0.3) is 11.5 Å². The number of H-pyrrole nitrogens is 1. The number of hydrogen-bond acceptors (Lipinski definition) is 16. The van der Waals surface area contributed by atoms with Crippen LogP contribution in [0.3, 0.4) is 0 Å². The lowest BCUT2D eigenvalue weighted by atomic mass is 9.87. The van der Waals surface area contributed by atoms with E-state index in [1.165, 1.54) is 0 Å². The molecular weight excluding hydrogens is 947 g/mol. The molecular formula is C43H54N7O15P3. The maximum atomic E-state index is 13.2. The predicted molar refractivity (Wildman–Crippen MR) is 250 cm³/mol. The van der Waals surface area contributed by atoms with E-state index in [4.69, 9.17) is 20.9 Å². The van der Waals surface area contributed by atoms with Gasteiger partial charge < -0.3 is 51.2 Å². The summed E-state index contributed by atoms with van der Waals surface area (Å²) in [5.41, 5.74) is 17.6. The van der Waals surface area contributed by atoms with Crippen molar-refractivity contribution in [3.8, 4) is 11.5 Å². The van der Waals surface area contributed by atoms with Gasteiger partial charge in [0.15, 0.2) is 17.4 Å². The Labute approximate surface area is 389 Å². The fraction of sp³-hybridized carbons (Fsp3) is 0.395. The van der Waals surface area contributed by atoms with E-state index >= 15 is 0 Å². The van der Waals surface area contributed by atoms with Gasteiger partial charge in [0.05, 0.1) is 19.1 Å². The number of nitrogens with two attached hydrogens (primary N) is 2. The zero-order valence-corrected chi connectivity index (χ0v) is 40.0. The molecule has 25 heteroatoms. The Kier molecular flexibility index (Phi) is 15.3. The number of phosphoric acid groups is 2. The van der Waals surface area contributed by atoms with Gasteiger partial charge in [0, 0.05) is 39.7 Å². The van der Waals surface area contributed by atoms with Crippen molar-refractivity contribution in [3.63, 3.8) is 0 Å². The molecule has 11 N–H and O–H groups in total. The van der Waals surface area contributed by atoms with E-state index in [0.29, 0.717) is 36.4 Å². The van der Waals surface area contributed by atoms with Crippen molar-refractivity contribution in [1.29, 1.82) is 0 Å². The molecule has 68 heavy (non-hydrogen) atoms. The molecule has 7 atom stereocenters. The van der Waals surface area contributed by atoms with E-state index < -0.39 is 66.1 Å². The van der Waals surface area contributed by atoms with Crippen molar-refractivity contribution in [2.45, 2.75) is 90.3 Å².